The summed E-state index contributed by atoms with van der Waals surface area (Å²) in [4.78, 5) is 0. The topological polar surface area (TPSA) is 38.7 Å². The van der Waals surface area contributed by atoms with Gasteiger partial charge in [0.05, 0.1) is 12.2 Å². The second-order valence-electron chi connectivity index (χ2n) is 5.26. The van der Waals surface area contributed by atoms with E-state index in [1.165, 1.54) is 12.8 Å². The van der Waals surface area contributed by atoms with Gasteiger partial charge in [0, 0.05) is 12.7 Å². The fourth-order valence-electron chi connectivity index (χ4n) is 2.27. The standard InChI is InChI=1S/C15H22O3/c1-15(16,11-12-7-8-12)13-5-3-4-6-14(13)18-10-9-17-2/h3-6,12,16H,7-11H2,1-2H3. The maximum absolute atomic E-state index is 10.6. The van der Waals surface area contributed by atoms with E-state index in [-0.39, 0.29) is 0 Å². The van der Waals surface area contributed by atoms with Crippen LogP contribution in [0, 0.1) is 5.92 Å². The molecule has 1 unspecified atom stereocenters. The van der Waals surface area contributed by atoms with Crippen LogP contribution in [0.1, 0.15) is 31.7 Å². The van der Waals surface area contributed by atoms with Gasteiger partial charge in [0.1, 0.15) is 12.4 Å². The number of rotatable bonds is 7. The highest BCUT2D eigenvalue weighted by molar-refractivity contribution is 5.37. The van der Waals surface area contributed by atoms with Gasteiger partial charge in [-0.2, -0.15) is 0 Å². The van der Waals surface area contributed by atoms with Crippen LogP contribution >= 0.6 is 0 Å². The Morgan fingerprint density at radius 2 is 2.00 bits per heavy atom. The predicted octanol–water partition coefficient (Wildman–Crippen LogP) is 2.72. The van der Waals surface area contributed by atoms with Crippen molar-refractivity contribution in [1.29, 1.82) is 0 Å². The number of hydrogen-bond donors (Lipinski definition) is 1. The molecule has 1 aromatic rings. The maximum atomic E-state index is 10.6. The molecule has 1 aliphatic carbocycles. The molecular weight excluding hydrogens is 228 g/mol. The highest BCUT2D eigenvalue weighted by Gasteiger charge is 2.34. The molecule has 0 spiro atoms. The maximum Gasteiger partial charge on any atom is 0.125 e. The van der Waals surface area contributed by atoms with Gasteiger partial charge in [-0.1, -0.05) is 31.0 Å². The molecule has 3 heteroatoms. The van der Waals surface area contributed by atoms with Gasteiger partial charge in [-0.3, -0.25) is 0 Å². The SMILES string of the molecule is COCCOc1ccccc1C(C)(O)CC1CC1. The monoisotopic (exact) mass is 250 g/mol. The smallest absolute Gasteiger partial charge is 0.125 e. The Morgan fingerprint density at radius 3 is 2.67 bits per heavy atom. The molecule has 2 rings (SSSR count). The van der Waals surface area contributed by atoms with Crippen molar-refractivity contribution in [1.82, 2.24) is 0 Å². The molecule has 0 radical (unpaired) electrons. The minimum atomic E-state index is -0.801. The minimum absolute atomic E-state index is 0.507. The van der Waals surface area contributed by atoms with Gasteiger partial charge in [0.25, 0.3) is 0 Å². The summed E-state index contributed by atoms with van der Waals surface area (Å²) in [6.45, 7) is 2.94. The first-order chi connectivity index (χ1) is 8.63. The van der Waals surface area contributed by atoms with Crippen molar-refractivity contribution < 1.29 is 14.6 Å². The summed E-state index contributed by atoms with van der Waals surface area (Å²) in [5.74, 6) is 1.44. The molecule has 1 fully saturated rings. The van der Waals surface area contributed by atoms with Gasteiger partial charge in [-0.15, -0.1) is 0 Å². The molecule has 0 amide bonds. The molecule has 0 bridgehead atoms. The molecule has 3 nitrogen and oxygen atoms in total. The third-order valence-corrected chi connectivity index (χ3v) is 3.40. The Kier molecular flexibility index (Phi) is 4.25. The average Bonchev–Trinajstić information content (AvgIpc) is 3.13. The van der Waals surface area contributed by atoms with Gasteiger partial charge in [-0.25, -0.2) is 0 Å². The Labute approximate surface area is 109 Å². The summed E-state index contributed by atoms with van der Waals surface area (Å²) in [7, 11) is 1.65. The second-order valence-corrected chi connectivity index (χ2v) is 5.26. The van der Waals surface area contributed by atoms with E-state index < -0.39 is 5.60 Å². The molecule has 18 heavy (non-hydrogen) atoms. The number of aliphatic hydroxyl groups is 1. The van der Waals surface area contributed by atoms with Gasteiger partial charge in [-0.05, 0) is 25.3 Å². The van der Waals surface area contributed by atoms with E-state index in [4.69, 9.17) is 9.47 Å². The Hall–Kier alpha value is -1.06. The summed E-state index contributed by atoms with van der Waals surface area (Å²) in [5, 5.41) is 10.6. The van der Waals surface area contributed by atoms with Crippen LogP contribution in [-0.4, -0.2) is 25.4 Å². The van der Waals surface area contributed by atoms with Crippen LogP contribution in [-0.2, 0) is 10.3 Å². The third kappa shape index (κ3) is 3.47. The fourth-order valence-corrected chi connectivity index (χ4v) is 2.27. The van der Waals surface area contributed by atoms with E-state index in [0.29, 0.717) is 19.1 Å². The zero-order chi connectivity index (χ0) is 13.0. The van der Waals surface area contributed by atoms with Crippen LogP contribution in [0.3, 0.4) is 0 Å². The largest absolute Gasteiger partial charge is 0.491 e. The predicted molar refractivity (Wildman–Crippen MR) is 70.7 cm³/mol. The summed E-state index contributed by atoms with van der Waals surface area (Å²) in [6, 6.07) is 7.73. The zero-order valence-corrected chi connectivity index (χ0v) is 11.2. The summed E-state index contributed by atoms with van der Waals surface area (Å²) < 4.78 is 10.7. The Morgan fingerprint density at radius 1 is 1.28 bits per heavy atom. The molecule has 0 heterocycles. The van der Waals surface area contributed by atoms with Crippen LogP contribution in [0.4, 0.5) is 0 Å². The Balaban J connectivity index is 2.09. The molecule has 0 aliphatic heterocycles. The highest BCUT2D eigenvalue weighted by atomic mass is 16.5. The minimum Gasteiger partial charge on any atom is -0.491 e. The lowest BCUT2D eigenvalue weighted by molar-refractivity contribution is 0.0377. The molecule has 1 atom stereocenters. The highest BCUT2D eigenvalue weighted by Crippen LogP contribution is 2.42. The molecule has 100 valence electrons. The summed E-state index contributed by atoms with van der Waals surface area (Å²) in [6.07, 6.45) is 3.29. The quantitative estimate of drug-likeness (QED) is 0.756. The summed E-state index contributed by atoms with van der Waals surface area (Å²) in [5.41, 5.74) is 0.0816. The lowest BCUT2D eigenvalue weighted by Gasteiger charge is -2.26. The van der Waals surface area contributed by atoms with Crippen molar-refractivity contribution in [2.75, 3.05) is 20.3 Å². The van der Waals surface area contributed by atoms with Gasteiger partial charge < -0.3 is 14.6 Å². The molecule has 1 saturated carbocycles. The summed E-state index contributed by atoms with van der Waals surface area (Å²) >= 11 is 0. The number of hydrogen-bond acceptors (Lipinski definition) is 3. The molecular formula is C15H22O3. The van der Waals surface area contributed by atoms with Crippen molar-refractivity contribution in [3.05, 3.63) is 29.8 Å². The van der Waals surface area contributed by atoms with Gasteiger partial charge in [0.2, 0.25) is 0 Å². The van der Waals surface area contributed by atoms with Crippen LogP contribution in [0.5, 0.6) is 5.75 Å². The number of benzene rings is 1. The molecule has 0 aromatic heterocycles. The van der Waals surface area contributed by atoms with E-state index >= 15 is 0 Å². The van der Waals surface area contributed by atoms with Gasteiger partial charge >= 0.3 is 0 Å². The van der Waals surface area contributed by atoms with Crippen LogP contribution in [0.2, 0.25) is 0 Å². The number of para-hydroxylation sites is 1. The van der Waals surface area contributed by atoms with Crippen molar-refractivity contribution in [3.63, 3.8) is 0 Å². The molecule has 1 aliphatic rings. The number of methoxy groups -OCH3 is 1. The molecule has 1 aromatic carbocycles. The van der Waals surface area contributed by atoms with Crippen LogP contribution in [0.15, 0.2) is 24.3 Å². The molecule has 1 N–H and O–H groups in total. The first-order valence-corrected chi connectivity index (χ1v) is 6.57. The van der Waals surface area contributed by atoms with E-state index in [0.717, 1.165) is 17.7 Å². The van der Waals surface area contributed by atoms with Crippen molar-refractivity contribution in [2.24, 2.45) is 5.92 Å². The van der Waals surface area contributed by atoms with E-state index in [9.17, 15) is 5.11 Å². The fraction of sp³-hybridized carbons (Fsp3) is 0.600. The van der Waals surface area contributed by atoms with Gasteiger partial charge in [0.15, 0.2) is 0 Å². The second kappa shape index (κ2) is 5.72. The lowest BCUT2D eigenvalue weighted by atomic mass is 9.89. The third-order valence-electron chi connectivity index (χ3n) is 3.40. The zero-order valence-electron chi connectivity index (χ0n) is 11.2. The normalized spacial score (nSPS) is 18.4. The first kappa shape index (κ1) is 13.4. The Bertz CT molecular complexity index is 383. The molecule has 0 saturated heterocycles. The van der Waals surface area contributed by atoms with Crippen molar-refractivity contribution >= 4 is 0 Å². The van der Waals surface area contributed by atoms with E-state index in [2.05, 4.69) is 0 Å². The number of ether oxygens (including phenoxy) is 2. The van der Waals surface area contributed by atoms with Crippen molar-refractivity contribution in [2.45, 2.75) is 31.8 Å². The van der Waals surface area contributed by atoms with Crippen LogP contribution < -0.4 is 4.74 Å². The van der Waals surface area contributed by atoms with Crippen molar-refractivity contribution in [3.8, 4) is 5.75 Å². The average molecular weight is 250 g/mol. The van der Waals surface area contributed by atoms with E-state index in [1.54, 1.807) is 7.11 Å². The first-order valence-electron chi connectivity index (χ1n) is 6.57. The van der Waals surface area contributed by atoms with E-state index in [1.807, 2.05) is 31.2 Å². The van der Waals surface area contributed by atoms with Crippen LogP contribution in [0.25, 0.3) is 0 Å². The lowest BCUT2D eigenvalue weighted by Crippen LogP contribution is -2.23.